The summed E-state index contributed by atoms with van der Waals surface area (Å²) in [7, 11) is 4.00. The predicted octanol–water partition coefficient (Wildman–Crippen LogP) is 3.84. The second-order valence-corrected chi connectivity index (χ2v) is 10.4. The van der Waals surface area contributed by atoms with Gasteiger partial charge in [-0.2, -0.15) is 5.10 Å². The molecule has 10 nitrogen and oxygen atoms in total. The molecule has 0 fully saturated rings. The first-order chi connectivity index (χ1) is 21.2. The number of nitrogens with one attached hydrogen (secondary N) is 3. The Kier molecular flexibility index (Phi) is 9.01. The number of aromatic nitrogens is 2. The maximum atomic E-state index is 13.5. The van der Waals surface area contributed by atoms with Gasteiger partial charge in [0.25, 0.3) is 17.4 Å². The smallest absolute Gasteiger partial charge is 0.276 e. The fourth-order valence-electron chi connectivity index (χ4n) is 4.56. The fraction of sp³-hybridized carbons (Fsp3) is 0.156. The SMILES string of the molecule is CN(C)Cc1ccc(NN=C2C(=O)Nc3cc(C=CCNC(=O)c4cncn(Cc5ccc(F)c(F)c5)c4=O)ccc32)cc1. The van der Waals surface area contributed by atoms with Crippen LogP contribution < -0.4 is 21.6 Å². The molecule has 0 spiro atoms. The first-order valence-corrected chi connectivity index (χ1v) is 13.6. The van der Waals surface area contributed by atoms with Gasteiger partial charge in [0.15, 0.2) is 17.3 Å². The van der Waals surface area contributed by atoms with Crippen molar-refractivity contribution in [3.8, 4) is 0 Å². The van der Waals surface area contributed by atoms with Gasteiger partial charge in [-0.3, -0.25) is 24.4 Å². The van der Waals surface area contributed by atoms with Gasteiger partial charge in [0.1, 0.15) is 5.56 Å². The Balaban J connectivity index is 1.18. The van der Waals surface area contributed by atoms with Crippen molar-refractivity contribution in [1.29, 1.82) is 0 Å². The number of hydrogen-bond donors (Lipinski definition) is 3. The Hall–Kier alpha value is -5.49. The van der Waals surface area contributed by atoms with Crippen LogP contribution in [0.1, 0.15) is 32.6 Å². The van der Waals surface area contributed by atoms with Crippen LogP contribution >= 0.6 is 0 Å². The molecule has 5 rings (SSSR count). The Morgan fingerprint density at radius 1 is 1.02 bits per heavy atom. The molecular weight excluding hydrogens is 568 g/mol. The molecule has 2 heterocycles. The number of hydrazone groups is 1. The molecule has 44 heavy (non-hydrogen) atoms. The number of halogens is 2. The highest BCUT2D eigenvalue weighted by Crippen LogP contribution is 2.26. The lowest BCUT2D eigenvalue weighted by molar-refractivity contribution is -0.110. The molecule has 0 unspecified atom stereocenters. The Morgan fingerprint density at radius 2 is 1.80 bits per heavy atom. The molecule has 3 N–H and O–H groups in total. The van der Waals surface area contributed by atoms with E-state index >= 15 is 0 Å². The molecular formula is C32H29F2N7O3. The number of fused-ring (bicyclic) bond motifs is 1. The van der Waals surface area contributed by atoms with E-state index in [2.05, 4.69) is 31.0 Å². The molecule has 12 heteroatoms. The van der Waals surface area contributed by atoms with Crippen LogP contribution in [0.3, 0.4) is 0 Å². The van der Waals surface area contributed by atoms with E-state index < -0.39 is 23.1 Å². The van der Waals surface area contributed by atoms with E-state index in [4.69, 9.17) is 0 Å². The van der Waals surface area contributed by atoms with Gasteiger partial charge in [0.2, 0.25) is 0 Å². The molecule has 2 amide bonds. The fourth-order valence-corrected chi connectivity index (χ4v) is 4.56. The topological polar surface area (TPSA) is 121 Å². The Bertz CT molecular complexity index is 1830. The van der Waals surface area contributed by atoms with Gasteiger partial charge in [-0.05, 0) is 67.2 Å². The van der Waals surface area contributed by atoms with Crippen molar-refractivity contribution < 1.29 is 18.4 Å². The minimum atomic E-state index is -1.03. The molecule has 3 aromatic carbocycles. The van der Waals surface area contributed by atoms with E-state index in [0.29, 0.717) is 16.8 Å². The zero-order valence-corrected chi connectivity index (χ0v) is 24.0. The summed E-state index contributed by atoms with van der Waals surface area (Å²) in [4.78, 5) is 44.0. The second-order valence-electron chi connectivity index (χ2n) is 10.4. The molecule has 0 saturated carbocycles. The molecule has 224 valence electrons. The number of carbonyl (C=O) groups excluding carboxylic acids is 2. The minimum Gasteiger partial charge on any atom is -0.348 e. The molecule has 0 atom stereocenters. The van der Waals surface area contributed by atoms with Crippen molar-refractivity contribution in [2.75, 3.05) is 31.4 Å². The van der Waals surface area contributed by atoms with E-state index in [9.17, 15) is 23.2 Å². The minimum absolute atomic E-state index is 0.0778. The predicted molar refractivity (Wildman–Crippen MR) is 164 cm³/mol. The van der Waals surface area contributed by atoms with E-state index in [1.807, 2.05) is 44.4 Å². The molecule has 4 aromatic rings. The van der Waals surface area contributed by atoms with Crippen molar-refractivity contribution in [2.45, 2.75) is 13.1 Å². The first kappa shape index (κ1) is 30.0. The lowest BCUT2D eigenvalue weighted by atomic mass is 10.1. The lowest BCUT2D eigenvalue weighted by Gasteiger charge is -2.10. The lowest BCUT2D eigenvalue weighted by Crippen LogP contribution is -2.33. The average molecular weight is 598 g/mol. The Morgan fingerprint density at radius 3 is 2.55 bits per heavy atom. The summed E-state index contributed by atoms with van der Waals surface area (Å²) in [5.74, 6) is -2.97. The van der Waals surface area contributed by atoms with Gasteiger partial charge in [-0.1, -0.05) is 36.4 Å². The zero-order chi connectivity index (χ0) is 31.2. The van der Waals surface area contributed by atoms with Crippen LogP contribution in [0.15, 0.2) is 89.2 Å². The second kappa shape index (κ2) is 13.2. The van der Waals surface area contributed by atoms with Crippen molar-refractivity contribution in [3.63, 3.8) is 0 Å². The largest absolute Gasteiger partial charge is 0.348 e. The van der Waals surface area contributed by atoms with E-state index in [1.54, 1.807) is 24.3 Å². The molecule has 0 aliphatic carbocycles. The summed E-state index contributed by atoms with van der Waals surface area (Å²) < 4.78 is 27.9. The van der Waals surface area contributed by atoms with Crippen molar-refractivity contribution in [2.24, 2.45) is 5.10 Å². The third-order valence-corrected chi connectivity index (χ3v) is 6.68. The third kappa shape index (κ3) is 7.10. The van der Waals surface area contributed by atoms with Crippen molar-refractivity contribution >= 4 is 35.0 Å². The highest BCUT2D eigenvalue weighted by atomic mass is 19.2. The number of carbonyl (C=O) groups is 2. The normalized spacial score (nSPS) is 13.4. The quantitative estimate of drug-likeness (QED) is 0.239. The van der Waals surface area contributed by atoms with Gasteiger partial charge in [0, 0.05) is 24.8 Å². The van der Waals surface area contributed by atoms with Gasteiger partial charge < -0.3 is 15.5 Å². The summed E-state index contributed by atoms with van der Waals surface area (Å²) in [5, 5.41) is 9.78. The maximum absolute atomic E-state index is 13.5. The Labute approximate surface area is 251 Å². The van der Waals surface area contributed by atoms with Crippen LogP contribution in [0.2, 0.25) is 0 Å². The summed E-state index contributed by atoms with van der Waals surface area (Å²) in [5.41, 5.74) is 6.73. The van der Waals surface area contributed by atoms with E-state index in [1.165, 1.54) is 12.4 Å². The molecule has 1 aliphatic heterocycles. The first-order valence-electron chi connectivity index (χ1n) is 13.6. The highest BCUT2D eigenvalue weighted by Gasteiger charge is 2.26. The van der Waals surface area contributed by atoms with Crippen molar-refractivity contribution in [3.05, 3.63) is 129 Å². The number of hydrogen-bond acceptors (Lipinski definition) is 7. The summed E-state index contributed by atoms with van der Waals surface area (Å²) in [6.45, 7) is 0.860. The van der Waals surface area contributed by atoms with Crippen LogP contribution in [-0.2, 0) is 17.9 Å². The van der Waals surface area contributed by atoms with Gasteiger partial charge >= 0.3 is 0 Å². The highest BCUT2D eigenvalue weighted by molar-refractivity contribution is 6.53. The van der Waals surface area contributed by atoms with Crippen LogP contribution in [-0.4, -0.2) is 52.6 Å². The molecule has 1 aliphatic rings. The average Bonchev–Trinajstić information content (AvgIpc) is 3.31. The molecule has 1 aromatic heterocycles. The maximum Gasteiger partial charge on any atom is 0.276 e. The number of benzene rings is 3. The standard InChI is InChI=1S/C32H29F2N7O3/c1-40(2)17-21-5-9-23(10-6-21)38-39-29-24-11-7-20(15-28(24)37-31(29)43)4-3-13-36-30(42)25-16-35-19-41(32(25)44)18-22-8-12-26(33)27(34)14-22/h3-12,14-16,19,38H,13,17-18H2,1-2H3,(H,36,42)(H,37,39,43). The van der Waals surface area contributed by atoms with Crippen LogP contribution in [0.5, 0.6) is 0 Å². The van der Waals surface area contributed by atoms with Gasteiger partial charge in [-0.15, -0.1) is 0 Å². The number of anilines is 2. The summed E-state index contributed by atoms with van der Waals surface area (Å²) >= 11 is 0. The van der Waals surface area contributed by atoms with Crippen molar-refractivity contribution in [1.82, 2.24) is 19.8 Å². The number of rotatable bonds is 10. The van der Waals surface area contributed by atoms with Crippen LogP contribution in [0.4, 0.5) is 20.2 Å². The molecule has 0 saturated heterocycles. The third-order valence-electron chi connectivity index (χ3n) is 6.68. The summed E-state index contributed by atoms with van der Waals surface area (Å²) in [6, 6.07) is 16.5. The van der Waals surface area contributed by atoms with E-state index in [0.717, 1.165) is 46.3 Å². The van der Waals surface area contributed by atoms with E-state index in [-0.39, 0.29) is 30.3 Å². The van der Waals surface area contributed by atoms with Gasteiger partial charge in [0.05, 0.1) is 24.2 Å². The molecule has 0 bridgehead atoms. The zero-order valence-electron chi connectivity index (χ0n) is 24.0. The number of nitrogens with zero attached hydrogens (tertiary/aromatic N) is 4. The molecule has 0 radical (unpaired) electrons. The van der Waals surface area contributed by atoms with Gasteiger partial charge in [-0.25, -0.2) is 13.8 Å². The summed E-state index contributed by atoms with van der Waals surface area (Å²) in [6.07, 6.45) is 5.84. The monoisotopic (exact) mass is 597 g/mol. The number of amides is 2. The van der Waals surface area contributed by atoms with Crippen LogP contribution in [0.25, 0.3) is 6.08 Å². The van der Waals surface area contributed by atoms with Crippen LogP contribution in [0, 0.1) is 11.6 Å².